The number of carboxylic acids is 1. The maximum absolute atomic E-state index is 13.6. The molecule has 3 aliphatic rings. The standard InChI is InChI=1S/C29H32N4O8S.K/c1-29(2)22(27(38)39)33-25(37)21(26(33)42-29)31-24(36)20(17-10-12-18(34)13-11-17)30-23(35)19-9-6-14-32(19)28(40)41-15-16-7-4-3-5-8-16;/h3-5,7-8,10-13,19-22,26,34H,6,9,14-15H2,1-2H3,(H,30,35)(H,31,36)(H,38,39);/q;+1/p-1/t19-,20?,21?,22+,26-;/m1./s1. The first-order valence-corrected chi connectivity index (χ1v) is 14.4. The van der Waals surface area contributed by atoms with Gasteiger partial charge in [0.15, 0.2) is 0 Å². The zero-order valence-electron chi connectivity index (χ0n) is 24.0. The minimum atomic E-state index is -1.37. The zero-order valence-corrected chi connectivity index (χ0v) is 28.0. The normalized spacial score (nSPS) is 24.2. The average molecular weight is 635 g/mol. The molecule has 3 fully saturated rings. The number of hydrogen-bond donors (Lipinski definition) is 3. The van der Waals surface area contributed by atoms with E-state index in [2.05, 4.69) is 10.6 Å². The Labute approximate surface area is 295 Å². The van der Waals surface area contributed by atoms with Crippen molar-refractivity contribution < 1.29 is 90.3 Å². The molecule has 3 aliphatic heterocycles. The van der Waals surface area contributed by atoms with E-state index in [1.54, 1.807) is 13.8 Å². The van der Waals surface area contributed by atoms with Gasteiger partial charge in [-0.2, -0.15) is 0 Å². The number of rotatable bonds is 8. The summed E-state index contributed by atoms with van der Waals surface area (Å²) in [6, 6.07) is 10.5. The molecule has 14 heteroatoms. The van der Waals surface area contributed by atoms with Crippen LogP contribution < -0.4 is 67.1 Å². The number of amides is 4. The van der Waals surface area contributed by atoms with Crippen LogP contribution in [0.15, 0.2) is 54.6 Å². The number of carboxylic acid groups (broad SMARTS) is 1. The van der Waals surface area contributed by atoms with E-state index < -0.39 is 64.1 Å². The number of fused-ring (bicyclic) bond motifs is 1. The Bertz CT molecular complexity index is 1390. The number of nitrogens with zero attached hydrogens (tertiary/aromatic N) is 2. The molecule has 12 nitrogen and oxygen atoms in total. The van der Waals surface area contributed by atoms with Gasteiger partial charge in [0.25, 0.3) is 0 Å². The molecule has 4 amide bonds. The minimum absolute atomic E-state index is 0. The number of nitrogens with one attached hydrogen (secondary N) is 2. The second kappa shape index (κ2) is 13.6. The van der Waals surface area contributed by atoms with Crippen molar-refractivity contribution in [2.24, 2.45) is 0 Å². The molecule has 0 aliphatic carbocycles. The fourth-order valence-electron chi connectivity index (χ4n) is 5.63. The summed E-state index contributed by atoms with van der Waals surface area (Å²) in [4.78, 5) is 67.1. The number of ether oxygens (including phenoxy) is 1. The third-order valence-corrected chi connectivity index (χ3v) is 9.30. The molecule has 0 saturated carbocycles. The average Bonchev–Trinajstić information content (AvgIpc) is 3.55. The Morgan fingerprint density at radius 1 is 1.12 bits per heavy atom. The van der Waals surface area contributed by atoms with E-state index in [1.165, 1.54) is 45.8 Å². The molecular weight excluding hydrogens is 604 g/mol. The number of thioether (sulfide) groups is 1. The Hall–Kier alpha value is -2.62. The van der Waals surface area contributed by atoms with Gasteiger partial charge in [-0.3, -0.25) is 19.3 Å². The van der Waals surface area contributed by atoms with Crippen molar-refractivity contribution in [3.05, 3.63) is 65.7 Å². The van der Waals surface area contributed by atoms with Gasteiger partial charge in [-0.05, 0) is 49.9 Å². The summed E-state index contributed by atoms with van der Waals surface area (Å²) in [6.45, 7) is 3.74. The predicted molar refractivity (Wildman–Crippen MR) is 148 cm³/mol. The molecule has 5 rings (SSSR count). The first-order valence-electron chi connectivity index (χ1n) is 13.6. The molecule has 0 aromatic heterocycles. The van der Waals surface area contributed by atoms with Gasteiger partial charge in [0.2, 0.25) is 17.7 Å². The molecule has 2 aromatic carbocycles. The van der Waals surface area contributed by atoms with Crippen molar-refractivity contribution in [3.63, 3.8) is 0 Å². The fraction of sp³-hybridized carbons (Fsp3) is 0.414. The Morgan fingerprint density at radius 3 is 2.44 bits per heavy atom. The van der Waals surface area contributed by atoms with Crippen LogP contribution in [0.2, 0.25) is 0 Å². The first-order chi connectivity index (χ1) is 20.0. The van der Waals surface area contributed by atoms with Crippen LogP contribution in [0.1, 0.15) is 43.9 Å². The van der Waals surface area contributed by atoms with Crippen LogP contribution in [0.4, 0.5) is 4.79 Å². The molecule has 3 heterocycles. The number of β-lactam (4-membered cyclic amide) rings is 1. The van der Waals surface area contributed by atoms with Crippen LogP contribution >= 0.6 is 11.8 Å². The summed E-state index contributed by atoms with van der Waals surface area (Å²) in [5.41, 5.74) is 1.14. The minimum Gasteiger partial charge on any atom is -0.548 e. The van der Waals surface area contributed by atoms with Crippen molar-refractivity contribution >= 4 is 41.5 Å². The van der Waals surface area contributed by atoms with Gasteiger partial charge in [0.1, 0.15) is 35.9 Å². The molecule has 3 N–H and O–H groups in total. The number of likely N-dealkylation sites (tertiary alicyclic amines) is 1. The number of benzene rings is 2. The molecular formula is C29H31KN4O8S. The smallest absolute Gasteiger partial charge is 0.548 e. The molecule has 0 radical (unpaired) electrons. The maximum Gasteiger partial charge on any atom is 1.00 e. The van der Waals surface area contributed by atoms with Gasteiger partial charge < -0.3 is 35.3 Å². The molecule has 3 saturated heterocycles. The van der Waals surface area contributed by atoms with Gasteiger partial charge in [-0.15, -0.1) is 11.8 Å². The van der Waals surface area contributed by atoms with E-state index in [0.717, 1.165) is 5.56 Å². The molecule has 0 bridgehead atoms. The zero-order chi connectivity index (χ0) is 30.2. The van der Waals surface area contributed by atoms with Crippen LogP contribution in [-0.4, -0.2) is 79.5 Å². The van der Waals surface area contributed by atoms with Gasteiger partial charge >= 0.3 is 57.5 Å². The maximum atomic E-state index is 13.6. The van der Waals surface area contributed by atoms with Crippen LogP contribution in [0.5, 0.6) is 5.75 Å². The van der Waals surface area contributed by atoms with Gasteiger partial charge in [-0.1, -0.05) is 42.5 Å². The van der Waals surface area contributed by atoms with Crippen molar-refractivity contribution in [3.8, 4) is 5.75 Å². The number of phenolic OH excluding ortho intramolecular Hbond substituents is 1. The van der Waals surface area contributed by atoms with Gasteiger partial charge in [0.05, 0.1) is 12.0 Å². The summed E-state index contributed by atoms with van der Waals surface area (Å²) in [5.74, 6) is -3.24. The van der Waals surface area contributed by atoms with E-state index in [0.29, 0.717) is 24.9 Å². The van der Waals surface area contributed by atoms with Crippen LogP contribution in [-0.2, 0) is 30.5 Å². The van der Waals surface area contributed by atoms with E-state index in [4.69, 9.17) is 4.74 Å². The second-order valence-electron chi connectivity index (χ2n) is 11.0. The van der Waals surface area contributed by atoms with E-state index >= 15 is 0 Å². The Morgan fingerprint density at radius 2 is 1.79 bits per heavy atom. The van der Waals surface area contributed by atoms with E-state index in [-0.39, 0.29) is 63.7 Å². The molecule has 5 atom stereocenters. The Kier molecular flexibility index (Phi) is 10.5. The second-order valence-corrected chi connectivity index (χ2v) is 12.8. The monoisotopic (exact) mass is 634 g/mol. The number of hydrogen-bond acceptors (Lipinski definition) is 9. The van der Waals surface area contributed by atoms with Crippen LogP contribution in [0, 0.1) is 0 Å². The summed E-state index contributed by atoms with van der Waals surface area (Å²) in [6.07, 6.45) is 0.283. The third kappa shape index (κ3) is 6.89. The number of carbonyl (C=O) groups excluding carboxylic acids is 5. The number of phenols is 1. The number of aromatic hydroxyl groups is 1. The SMILES string of the molecule is CC1(C)S[C@@H]2C(NC(=O)C(NC(=O)[C@H]3CCCN3C(=O)OCc3ccccc3)c3ccc(O)cc3)C(=O)N2[C@H]1C(=O)[O-].[K+]. The third-order valence-electron chi connectivity index (χ3n) is 7.73. The van der Waals surface area contributed by atoms with Crippen molar-refractivity contribution in [1.29, 1.82) is 0 Å². The summed E-state index contributed by atoms with van der Waals surface area (Å²) in [5, 5.41) is 26.2. The molecule has 0 spiro atoms. The fourth-order valence-corrected chi connectivity index (χ4v) is 7.25. The summed E-state index contributed by atoms with van der Waals surface area (Å²) >= 11 is 1.25. The van der Waals surface area contributed by atoms with Crippen molar-refractivity contribution in [1.82, 2.24) is 20.4 Å². The Balaban J connectivity index is 0.00000423. The quantitative estimate of drug-likeness (QED) is 0.213. The number of carbonyl (C=O) groups is 5. The van der Waals surface area contributed by atoms with Gasteiger partial charge in [0, 0.05) is 11.3 Å². The van der Waals surface area contributed by atoms with Gasteiger partial charge in [-0.25, -0.2) is 4.79 Å². The number of aliphatic carboxylic acids is 1. The predicted octanol–water partition coefficient (Wildman–Crippen LogP) is -2.35. The van der Waals surface area contributed by atoms with E-state index in [9.17, 15) is 34.2 Å². The van der Waals surface area contributed by atoms with Crippen LogP contribution in [0.25, 0.3) is 0 Å². The van der Waals surface area contributed by atoms with E-state index in [1.807, 2.05) is 30.3 Å². The first kappa shape index (κ1) is 33.3. The van der Waals surface area contributed by atoms with Crippen molar-refractivity contribution in [2.75, 3.05) is 6.54 Å². The molecule has 2 aromatic rings. The summed E-state index contributed by atoms with van der Waals surface area (Å²) < 4.78 is 4.59. The van der Waals surface area contributed by atoms with Crippen molar-refractivity contribution in [2.45, 2.75) is 67.6 Å². The largest absolute Gasteiger partial charge is 1.00 e. The topological polar surface area (TPSA) is 168 Å². The molecule has 222 valence electrons. The summed E-state index contributed by atoms with van der Waals surface area (Å²) in [7, 11) is 0. The molecule has 2 unspecified atom stereocenters. The van der Waals surface area contributed by atoms with Crippen LogP contribution in [0.3, 0.4) is 0 Å². The molecule has 43 heavy (non-hydrogen) atoms.